The molecule has 138 valence electrons. The molecule has 0 unspecified atom stereocenters. The summed E-state index contributed by atoms with van der Waals surface area (Å²) in [5.41, 5.74) is 2.57. The number of aryl methyl sites for hydroxylation is 1. The first kappa shape index (κ1) is 18.1. The molecule has 0 amide bonds. The molecule has 2 heterocycles. The Kier molecular flexibility index (Phi) is 7.06. The molecule has 0 atom stereocenters. The molecule has 0 radical (unpaired) electrons. The van der Waals surface area contributed by atoms with E-state index in [0.717, 1.165) is 69.8 Å². The van der Waals surface area contributed by atoms with Gasteiger partial charge in [0.2, 0.25) is 5.95 Å². The monoisotopic (exact) mass is 345 g/mol. The van der Waals surface area contributed by atoms with E-state index in [9.17, 15) is 0 Å². The van der Waals surface area contributed by atoms with Crippen molar-refractivity contribution in [3.05, 3.63) is 23.4 Å². The lowest BCUT2D eigenvalue weighted by molar-refractivity contribution is 0.0398. The lowest BCUT2D eigenvalue weighted by Crippen LogP contribution is -2.39. The molecule has 1 fully saturated rings. The van der Waals surface area contributed by atoms with Gasteiger partial charge in [-0.3, -0.25) is 4.90 Å². The highest BCUT2D eigenvalue weighted by molar-refractivity contribution is 5.42. The van der Waals surface area contributed by atoms with Gasteiger partial charge in [-0.1, -0.05) is 11.6 Å². The SMILES string of the molecule is Cc1cc(NCCN2CCOCC2)nc(NCCC2=CCCCC2)n1. The maximum atomic E-state index is 5.38. The van der Waals surface area contributed by atoms with Crippen molar-refractivity contribution < 1.29 is 4.74 Å². The highest BCUT2D eigenvalue weighted by Gasteiger charge is 2.10. The normalized spacial score (nSPS) is 18.7. The van der Waals surface area contributed by atoms with Crippen molar-refractivity contribution in [1.82, 2.24) is 14.9 Å². The number of hydrogen-bond acceptors (Lipinski definition) is 6. The molecular weight excluding hydrogens is 314 g/mol. The Morgan fingerprint density at radius 1 is 1.12 bits per heavy atom. The predicted molar refractivity (Wildman–Crippen MR) is 102 cm³/mol. The number of hydrogen-bond donors (Lipinski definition) is 2. The van der Waals surface area contributed by atoms with Gasteiger partial charge in [-0.15, -0.1) is 0 Å². The van der Waals surface area contributed by atoms with Crippen LogP contribution in [0.5, 0.6) is 0 Å². The first-order chi connectivity index (χ1) is 12.3. The van der Waals surface area contributed by atoms with Gasteiger partial charge in [0.05, 0.1) is 13.2 Å². The van der Waals surface area contributed by atoms with Crippen LogP contribution in [0, 0.1) is 6.92 Å². The van der Waals surface area contributed by atoms with E-state index >= 15 is 0 Å². The summed E-state index contributed by atoms with van der Waals surface area (Å²) in [5.74, 6) is 1.63. The average molecular weight is 345 g/mol. The van der Waals surface area contributed by atoms with Crippen LogP contribution in [0.25, 0.3) is 0 Å². The van der Waals surface area contributed by atoms with Crippen molar-refractivity contribution in [1.29, 1.82) is 0 Å². The molecule has 1 aromatic rings. The van der Waals surface area contributed by atoms with Crippen molar-refractivity contribution in [3.63, 3.8) is 0 Å². The number of anilines is 2. The Labute approximate surface area is 151 Å². The summed E-state index contributed by atoms with van der Waals surface area (Å²) in [4.78, 5) is 11.5. The second kappa shape index (κ2) is 9.73. The number of allylic oxidation sites excluding steroid dienone is 1. The van der Waals surface area contributed by atoms with Crippen molar-refractivity contribution in [2.75, 3.05) is 56.6 Å². The first-order valence-electron chi connectivity index (χ1n) is 9.61. The zero-order chi connectivity index (χ0) is 17.3. The molecule has 1 aliphatic heterocycles. The van der Waals surface area contributed by atoms with Crippen LogP contribution in [0.3, 0.4) is 0 Å². The standard InChI is InChI=1S/C19H31N5O/c1-16-15-18(20-9-10-24-11-13-25-14-12-24)23-19(22-16)21-8-7-17-5-3-2-4-6-17/h5,15H,2-4,6-14H2,1H3,(H2,20,21,22,23). The third kappa shape index (κ3) is 6.29. The van der Waals surface area contributed by atoms with Crippen LogP contribution in [0.1, 0.15) is 37.8 Å². The van der Waals surface area contributed by atoms with Gasteiger partial charge < -0.3 is 15.4 Å². The number of aromatic nitrogens is 2. The Morgan fingerprint density at radius 2 is 2.00 bits per heavy atom. The third-order valence-corrected chi connectivity index (χ3v) is 4.81. The van der Waals surface area contributed by atoms with Crippen molar-refractivity contribution in [2.45, 2.75) is 39.0 Å². The van der Waals surface area contributed by atoms with E-state index in [1.807, 2.05) is 13.0 Å². The molecule has 0 aromatic carbocycles. The summed E-state index contributed by atoms with van der Waals surface area (Å²) in [6.07, 6.45) is 8.68. The van der Waals surface area contributed by atoms with Gasteiger partial charge in [0.15, 0.2) is 0 Å². The topological polar surface area (TPSA) is 62.3 Å². The molecule has 0 spiro atoms. The molecule has 6 heteroatoms. The molecule has 1 aliphatic carbocycles. The maximum absolute atomic E-state index is 5.38. The highest BCUT2D eigenvalue weighted by Crippen LogP contribution is 2.20. The zero-order valence-electron chi connectivity index (χ0n) is 15.4. The van der Waals surface area contributed by atoms with E-state index in [-0.39, 0.29) is 0 Å². The van der Waals surface area contributed by atoms with Crippen LogP contribution in [0.2, 0.25) is 0 Å². The molecule has 6 nitrogen and oxygen atoms in total. The highest BCUT2D eigenvalue weighted by atomic mass is 16.5. The van der Waals surface area contributed by atoms with Gasteiger partial charge in [0.25, 0.3) is 0 Å². The van der Waals surface area contributed by atoms with Gasteiger partial charge in [-0.05, 0) is 39.0 Å². The fraction of sp³-hybridized carbons (Fsp3) is 0.684. The number of nitrogens with one attached hydrogen (secondary N) is 2. The Hall–Kier alpha value is -1.66. The van der Waals surface area contributed by atoms with Gasteiger partial charge in [0.1, 0.15) is 5.82 Å². The molecule has 2 aliphatic rings. The van der Waals surface area contributed by atoms with E-state index in [1.54, 1.807) is 5.57 Å². The fourth-order valence-electron chi connectivity index (χ4n) is 3.37. The minimum atomic E-state index is 0.727. The second-order valence-corrected chi connectivity index (χ2v) is 6.88. The Morgan fingerprint density at radius 3 is 2.80 bits per heavy atom. The van der Waals surface area contributed by atoms with Crippen molar-refractivity contribution in [3.8, 4) is 0 Å². The van der Waals surface area contributed by atoms with E-state index in [1.165, 1.54) is 25.7 Å². The number of ether oxygens (including phenoxy) is 1. The Balaban J connectivity index is 1.43. The quantitative estimate of drug-likeness (QED) is 0.707. The molecule has 0 saturated carbocycles. The van der Waals surface area contributed by atoms with Crippen LogP contribution in [0.15, 0.2) is 17.7 Å². The van der Waals surface area contributed by atoms with Gasteiger partial charge in [0, 0.05) is 44.5 Å². The van der Waals surface area contributed by atoms with Crippen LogP contribution in [-0.2, 0) is 4.74 Å². The molecule has 1 saturated heterocycles. The van der Waals surface area contributed by atoms with Gasteiger partial charge in [-0.2, -0.15) is 4.98 Å². The molecule has 0 bridgehead atoms. The summed E-state index contributed by atoms with van der Waals surface area (Å²) in [6, 6.07) is 2.01. The van der Waals surface area contributed by atoms with Crippen LogP contribution in [-0.4, -0.2) is 60.8 Å². The van der Waals surface area contributed by atoms with E-state index in [4.69, 9.17) is 4.74 Å². The summed E-state index contributed by atoms with van der Waals surface area (Å²) >= 11 is 0. The van der Waals surface area contributed by atoms with E-state index in [0.29, 0.717) is 0 Å². The van der Waals surface area contributed by atoms with Crippen LogP contribution in [0.4, 0.5) is 11.8 Å². The summed E-state index contributed by atoms with van der Waals surface area (Å²) in [5, 5.41) is 6.81. The van der Waals surface area contributed by atoms with E-state index < -0.39 is 0 Å². The van der Waals surface area contributed by atoms with Gasteiger partial charge in [-0.25, -0.2) is 4.98 Å². The largest absolute Gasteiger partial charge is 0.379 e. The van der Waals surface area contributed by atoms with Gasteiger partial charge >= 0.3 is 0 Å². The zero-order valence-corrected chi connectivity index (χ0v) is 15.4. The number of rotatable bonds is 8. The number of nitrogens with zero attached hydrogens (tertiary/aromatic N) is 3. The maximum Gasteiger partial charge on any atom is 0.224 e. The molecule has 25 heavy (non-hydrogen) atoms. The van der Waals surface area contributed by atoms with E-state index in [2.05, 4.69) is 31.6 Å². The lowest BCUT2D eigenvalue weighted by Gasteiger charge is -2.26. The first-order valence-corrected chi connectivity index (χ1v) is 9.61. The summed E-state index contributed by atoms with van der Waals surface area (Å²) < 4.78 is 5.38. The fourth-order valence-corrected chi connectivity index (χ4v) is 3.37. The lowest BCUT2D eigenvalue weighted by atomic mass is 9.97. The van der Waals surface area contributed by atoms with Crippen molar-refractivity contribution in [2.24, 2.45) is 0 Å². The van der Waals surface area contributed by atoms with Crippen molar-refractivity contribution >= 4 is 11.8 Å². The smallest absolute Gasteiger partial charge is 0.224 e. The second-order valence-electron chi connectivity index (χ2n) is 6.88. The summed E-state index contributed by atoms with van der Waals surface area (Å²) in [6.45, 7) is 8.56. The van der Waals surface area contributed by atoms with Crippen LogP contribution < -0.4 is 10.6 Å². The minimum absolute atomic E-state index is 0.727. The molecular formula is C19H31N5O. The summed E-state index contributed by atoms with van der Waals surface area (Å²) in [7, 11) is 0. The minimum Gasteiger partial charge on any atom is -0.379 e. The Bertz CT molecular complexity index is 569. The molecule has 2 N–H and O–H groups in total. The molecule has 1 aromatic heterocycles. The van der Waals surface area contributed by atoms with Crippen LogP contribution >= 0.6 is 0 Å². The third-order valence-electron chi connectivity index (χ3n) is 4.81. The average Bonchev–Trinajstić information content (AvgIpc) is 2.63. The predicted octanol–water partition coefficient (Wildman–Crippen LogP) is 2.83. The number of morpholine rings is 1. The molecule has 3 rings (SSSR count).